The quantitative estimate of drug-likeness (QED) is 0.774. The van der Waals surface area contributed by atoms with E-state index in [1.807, 2.05) is 4.90 Å². The van der Waals surface area contributed by atoms with Gasteiger partial charge in [-0.25, -0.2) is 0 Å². The Hall–Kier alpha value is -1.06. The lowest BCUT2D eigenvalue weighted by molar-refractivity contribution is -0.142. The third kappa shape index (κ3) is 5.21. The van der Waals surface area contributed by atoms with Crippen molar-refractivity contribution in [3.63, 3.8) is 0 Å². The zero-order valence-electron chi connectivity index (χ0n) is 16.0. The molecule has 0 spiro atoms. The molecule has 1 aliphatic carbocycles. The van der Waals surface area contributed by atoms with E-state index in [1.165, 1.54) is 32.1 Å². The minimum Gasteiger partial charge on any atom is -0.342 e. The molecule has 0 aromatic rings. The van der Waals surface area contributed by atoms with Crippen molar-refractivity contribution in [3.8, 4) is 0 Å². The molecule has 3 fully saturated rings. The second-order valence-electron chi connectivity index (χ2n) is 8.73. The minimum absolute atomic E-state index is 0.0424. The molecule has 1 atom stereocenters. The number of piperidine rings is 2. The monoisotopic (exact) mass is 348 g/mol. The van der Waals surface area contributed by atoms with Crippen LogP contribution in [0.25, 0.3) is 0 Å². The fraction of sp³-hybridized carbons (Fsp3) is 0.905. The number of rotatable bonds is 4. The van der Waals surface area contributed by atoms with E-state index in [9.17, 15) is 9.59 Å². The van der Waals surface area contributed by atoms with Gasteiger partial charge in [-0.3, -0.25) is 9.59 Å². The molecule has 0 N–H and O–H groups in total. The molecule has 4 nitrogen and oxygen atoms in total. The Labute approximate surface area is 153 Å². The van der Waals surface area contributed by atoms with Gasteiger partial charge in [-0.2, -0.15) is 0 Å². The van der Waals surface area contributed by atoms with Gasteiger partial charge in [0.25, 0.3) is 0 Å². The van der Waals surface area contributed by atoms with E-state index >= 15 is 0 Å². The number of hydrogen-bond donors (Lipinski definition) is 0. The first-order valence-corrected chi connectivity index (χ1v) is 10.7. The van der Waals surface area contributed by atoms with E-state index in [0.29, 0.717) is 18.9 Å². The van der Waals surface area contributed by atoms with E-state index in [0.717, 1.165) is 63.6 Å². The SMILES string of the molecule is CC1CCN(C(=O)C2CCCN(C(=O)CCC3CCCCC3)C2)CC1. The lowest BCUT2D eigenvalue weighted by Gasteiger charge is -2.37. The minimum atomic E-state index is 0.0424. The van der Waals surface area contributed by atoms with Gasteiger partial charge >= 0.3 is 0 Å². The summed E-state index contributed by atoms with van der Waals surface area (Å²) >= 11 is 0. The van der Waals surface area contributed by atoms with Gasteiger partial charge in [0.2, 0.25) is 11.8 Å². The van der Waals surface area contributed by atoms with Gasteiger partial charge in [0.15, 0.2) is 0 Å². The van der Waals surface area contributed by atoms with Crippen LogP contribution >= 0.6 is 0 Å². The van der Waals surface area contributed by atoms with Crippen molar-refractivity contribution in [1.29, 1.82) is 0 Å². The van der Waals surface area contributed by atoms with Crippen LogP contribution in [0.2, 0.25) is 0 Å². The molecule has 3 rings (SSSR count). The second-order valence-corrected chi connectivity index (χ2v) is 8.73. The molecule has 2 aliphatic heterocycles. The Balaban J connectivity index is 1.45. The Morgan fingerprint density at radius 2 is 1.56 bits per heavy atom. The van der Waals surface area contributed by atoms with Gasteiger partial charge in [0.1, 0.15) is 0 Å². The smallest absolute Gasteiger partial charge is 0.227 e. The first kappa shape index (κ1) is 18.7. The van der Waals surface area contributed by atoms with Crippen molar-refractivity contribution in [1.82, 2.24) is 9.80 Å². The highest BCUT2D eigenvalue weighted by Gasteiger charge is 2.32. The summed E-state index contributed by atoms with van der Waals surface area (Å²) in [7, 11) is 0. The predicted molar refractivity (Wildman–Crippen MR) is 100 cm³/mol. The molecule has 2 amide bonds. The summed E-state index contributed by atoms with van der Waals surface area (Å²) in [5.41, 5.74) is 0. The van der Waals surface area contributed by atoms with Gasteiger partial charge < -0.3 is 9.80 Å². The number of carbonyl (C=O) groups is 2. The van der Waals surface area contributed by atoms with Gasteiger partial charge in [-0.15, -0.1) is 0 Å². The lowest BCUT2D eigenvalue weighted by atomic mass is 9.86. The van der Waals surface area contributed by atoms with Gasteiger partial charge in [0.05, 0.1) is 5.92 Å². The maximum atomic E-state index is 12.8. The predicted octanol–water partition coefficient (Wildman–Crippen LogP) is 3.84. The van der Waals surface area contributed by atoms with Crippen LogP contribution in [-0.4, -0.2) is 47.8 Å². The Kier molecular flexibility index (Phi) is 6.77. The molecule has 3 aliphatic rings. The van der Waals surface area contributed by atoms with E-state index < -0.39 is 0 Å². The number of nitrogens with zero attached hydrogens (tertiary/aromatic N) is 2. The highest BCUT2D eigenvalue weighted by molar-refractivity contribution is 5.81. The average molecular weight is 349 g/mol. The van der Waals surface area contributed by atoms with Gasteiger partial charge in [0, 0.05) is 32.6 Å². The van der Waals surface area contributed by atoms with Crippen molar-refractivity contribution >= 4 is 11.8 Å². The van der Waals surface area contributed by atoms with E-state index in [2.05, 4.69) is 11.8 Å². The van der Waals surface area contributed by atoms with E-state index in [1.54, 1.807) is 0 Å². The Morgan fingerprint density at radius 1 is 0.840 bits per heavy atom. The molecular weight excluding hydrogens is 312 g/mol. The standard InChI is InChI=1S/C21H36N2O2/c1-17-11-14-22(15-12-17)21(25)19-8-5-13-23(16-19)20(24)10-9-18-6-3-2-4-7-18/h17-19H,2-16H2,1H3. The highest BCUT2D eigenvalue weighted by Crippen LogP contribution is 2.28. The molecule has 0 bridgehead atoms. The topological polar surface area (TPSA) is 40.6 Å². The molecule has 0 radical (unpaired) electrons. The van der Waals surface area contributed by atoms with Crippen LogP contribution < -0.4 is 0 Å². The Morgan fingerprint density at radius 3 is 2.28 bits per heavy atom. The number of carbonyl (C=O) groups excluding carboxylic acids is 2. The van der Waals surface area contributed by atoms with Crippen LogP contribution in [-0.2, 0) is 9.59 Å². The maximum Gasteiger partial charge on any atom is 0.227 e. The van der Waals surface area contributed by atoms with Gasteiger partial charge in [-0.05, 0) is 43.9 Å². The molecule has 0 aromatic heterocycles. The van der Waals surface area contributed by atoms with Crippen molar-refractivity contribution in [2.45, 2.75) is 77.6 Å². The first-order valence-electron chi connectivity index (χ1n) is 10.7. The summed E-state index contributed by atoms with van der Waals surface area (Å²) in [6.07, 6.45) is 12.6. The molecule has 2 saturated heterocycles. The largest absolute Gasteiger partial charge is 0.342 e. The summed E-state index contributed by atoms with van der Waals surface area (Å²) < 4.78 is 0. The Bertz CT molecular complexity index is 451. The molecule has 4 heteroatoms. The highest BCUT2D eigenvalue weighted by atomic mass is 16.2. The lowest BCUT2D eigenvalue weighted by Crippen LogP contribution is -2.48. The van der Waals surface area contributed by atoms with Crippen LogP contribution in [0, 0.1) is 17.8 Å². The molecule has 25 heavy (non-hydrogen) atoms. The maximum absolute atomic E-state index is 12.8. The van der Waals surface area contributed by atoms with Crippen LogP contribution in [0.1, 0.15) is 77.6 Å². The zero-order chi connectivity index (χ0) is 17.6. The number of amides is 2. The van der Waals surface area contributed by atoms with Crippen molar-refractivity contribution < 1.29 is 9.59 Å². The second kappa shape index (κ2) is 9.05. The third-order valence-corrected chi connectivity index (χ3v) is 6.71. The van der Waals surface area contributed by atoms with Crippen molar-refractivity contribution in [3.05, 3.63) is 0 Å². The zero-order valence-corrected chi connectivity index (χ0v) is 16.0. The molecule has 1 unspecified atom stereocenters. The van der Waals surface area contributed by atoms with Crippen LogP contribution in [0.4, 0.5) is 0 Å². The van der Waals surface area contributed by atoms with E-state index in [4.69, 9.17) is 0 Å². The normalized spacial score (nSPS) is 26.7. The van der Waals surface area contributed by atoms with Crippen LogP contribution in [0.15, 0.2) is 0 Å². The molecular formula is C21H36N2O2. The van der Waals surface area contributed by atoms with E-state index in [-0.39, 0.29) is 11.8 Å². The van der Waals surface area contributed by atoms with Crippen LogP contribution in [0.3, 0.4) is 0 Å². The molecule has 2 heterocycles. The number of hydrogen-bond acceptors (Lipinski definition) is 2. The summed E-state index contributed by atoms with van der Waals surface area (Å²) in [5, 5.41) is 0. The van der Waals surface area contributed by atoms with Gasteiger partial charge in [-0.1, -0.05) is 39.0 Å². The summed E-state index contributed by atoms with van der Waals surface area (Å²) in [6, 6.07) is 0. The fourth-order valence-electron chi connectivity index (χ4n) is 4.85. The summed E-state index contributed by atoms with van der Waals surface area (Å²) in [4.78, 5) is 29.5. The van der Waals surface area contributed by atoms with Crippen LogP contribution in [0.5, 0.6) is 0 Å². The van der Waals surface area contributed by atoms with Crippen molar-refractivity contribution in [2.24, 2.45) is 17.8 Å². The molecule has 0 aromatic carbocycles. The molecule has 1 saturated carbocycles. The van der Waals surface area contributed by atoms with Crippen molar-refractivity contribution in [2.75, 3.05) is 26.2 Å². The third-order valence-electron chi connectivity index (χ3n) is 6.71. The molecule has 142 valence electrons. The summed E-state index contributed by atoms with van der Waals surface area (Å²) in [6.45, 7) is 5.60. The first-order chi connectivity index (χ1) is 12.1. The average Bonchev–Trinajstić information content (AvgIpc) is 2.67. The summed E-state index contributed by atoms with van der Waals surface area (Å²) in [5.74, 6) is 2.14. The fourth-order valence-corrected chi connectivity index (χ4v) is 4.85. The number of likely N-dealkylation sites (tertiary alicyclic amines) is 2.